The van der Waals surface area contributed by atoms with Gasteiger partial charge in [-0.2, -0.15) is 0 Å². The Labute approximate surface area is 363 Å². The van der Waals surface area contributed by atoms with E-state index in [1.807, 2.05) is 74.5 Å². The van der Waals surface area contributed by atoms with Crippen molar-refractivity contribution in [1.82, 2.24) is 0 Å². The first-order valence-corrected chi connectivity index (χ1v) is 25.0. The van der Waals surface area contributed by atoms with Crippen molar-refractivity contribution < 1.29 is 23.8 Å². The zero-order valence-electron chi connectivity index (χ0n) is 38.8. The molecule has 2 aromatic rings. The Morgan fingerprint density at radius 2 is 0.644 bits per heavy atom. The number of esters is 2. The van der Waals surface area contributed by atoms with Crippen LogP contribution < -0.4 is 0 Å². The van der Waals surface area contributed by atoms with Crippen molar-refractivity contribution in [2.24, 2.45) is 0 Å². The number of hydrogen-bond donors (Lipinski definition) is 0. The molecule has 0 bridgehead atoms. The molecule has 0 aliphatic carbocycles. The molecule has 2 aromatic carbocycles. The third-order valence-corrected chi connectivity index (χ3v) is 12.0. The van der Waals surface area contributed by atoms with Crippen molar-refractivity contribution in [2.75, 3.05) is 13.2 Å². The van der Waals surface area contributed by atoms with Gasteiger partial charge in [0, 0.05) is 0 Å². The molecule has 0 N–H and O–H groups in total. The maximum absolute atomic E-state index is 13.5. The average Bonchev–Trinajstić information content (AvgIpc) is 3.24. The largest absolute Gasteiger partial charge is 0.460 e. The number of hydrogen-bond acceptors (Lipinski definition) is 5. The molecule has 5 heteroatoms. The highest BCUT2D eigenvalue weighted by molar-refractivity contribution is 5.78. The fourth-order valence-corrected chi connectivity index (χ4v) is 8.33. The first kappa shape index (κ1) is 52.5. The maximum Gasteiger partial charge on any atom is 0.313 e. The Balaban J connectivity index is 1.65. The van der Waals surface area contributed by atoms with Crippen LogP contribution in [-0.2, 0) is 23.8 Å². The van der Waals surface area contributed by atoms with Crippen LogP contribution in [0.5, 0.6) is 0 Å². The fraction of sp³-hybridized carbons (Fsp3) is 0.741. The molecule has 0 saturated heterocycles. The molecular weight excluding hydrogens is 729 g/mol. The van der Waals surface area contributed by atoms with Crippen molar-refractivity contribution in [3.8, 4) is 0 Å². The SMILES string of the molecule is CCCCCCCCCCCCCCCCC(C(=O)OC(C)COCC(C)OC(=O)C(CCCCCCCCCCCCCCCC)c1ccccc1)c1ccccc1. The van der Waals surface area contributed by atoms with Gasteiger partial charge >= 0.3 is 11.9 Å². The standard InChI is InChI=1S/C54H90O5/c1-5-7-9-11-13-15-17-19-21-23-25-27-29-37-43-51(49-39-33-31-34-40-49)53(55)58-47(3)45-57-46-48(4)59-54(56)52(50-41-35-32-36-42-50)44-38-30-28-26-24-22-20-18-16-14-12-10-8-6-2/h31-36,39-42,47-48,51-52H,5-30,37-38,43-46H2,1-4H3. The highest BCUT2D eigenvalue weighted by Crippen LogP contribution is 2.27. The van der Waals surface area contributed by atoms with Crippen LogP contribution in [-0.4, -0.2) is 37.4 Å². The van der Waals surface area contributed by atoms with Crippen LogP contribution in [0.25, 0.3) is 0 Å². The van der Waals surface area contributed by atoms with Crippen molar-refractivity contribution in [1.29, 1.82) is 0 Å². The zero-order chi connectivity index (χ0) is 42.4. The molecule has 0 saturated carbocycles. The number of ether oxygens (including phenoxy) is 3. The van der Waals surface area contributed by atoms with Crippen LogP contribution in [0.4, 0.5) is 0 Å². The van der Waals surface area contributed by atoms with Crippen LogP contribution in [0.3, 0.4) is 0 Å². The predicted octanol–water partition coefficient (Wildman–Crippen LogP) is 16.2. The van der Waals surface area contributed by atoms with E-state index in [1.165, 1.54) is 154 Å². The second-order valence-corrected chi connectivity index (χ2v) is 17.7. The third kappa shape index (κ3) is 27.7. The summed E-state index contributed by atoms with van der Waals surface area (Å²) in [6.45, 7) is 8.84. The lowest BCUT2D eigenvalue weighted by molar-refractivity contribution is -0.156. The second kappa shape index (κ2) is 37.1. The summed E-state index contributed by atoms with van der Waals surface area (Å²) >= 11 is 0. The summed E-state index contributed by atoms with van der Waals surface area (Å²) in [7, 11) is 0. The molecule has 5 nitrogen and oxygen atoms in total. The van der Waals surface area contributed by atoms with Gasteiger partial charge in [-0.15, -0.1) is 0 Å². The van der Waals surface area contributed by atoms with E-state index < -0.39 is 12.2 Å². The minimum atomic E-state index is -0.398. The molecule has 0 spiro atoms. The topological polar surface area (TPSA) is 61.8 Å². The number of rotatable bonds is 40. The molecule has 0 aliphatic rings. The summed E-state index contributed by atoms with van der Waals surface area (Å²) in [5.74, 6) is -0.915. The van der Waals surface area contributed by atoms with E-state index in [0.717, 1.165) is 49.7 Å². The summed E-state index contributed by atoms with van der Waals surface area (Å²) in [6, 6.07) is 20.1. The average molecular weight is 819 g/mol. The normalized spacial score (nSPS) is 13.5. The van der Waals surface area contributed by atoms with Crippen LogP contribution in [0, 0.1) is 0 Å². The van der Waals surface area contributed by atoms with Crippen LogP contribution in [0.15, 0.2) is 60.7 Å². The minimum absolute atomic E-state index is 0.185. The first-order valence-electron chi connectivity index (χ1n) is 25.0. The minimum Gasteiger partial charge on any atom is -0.460 e. The Morgan fingerprint density at radius 3 is 0.915 bits per heavy atom. The Hall–Kier alpha value is -2.66. The van der Waals surface area contributed by atoms with Gasteiger partial charge in [-0.05, 0) is 37.8 Å². The summed E-state index contributed by atoms with van der Waals surface area (Å²) in [4.78, 5) is 26.9. The first-order chi connectivity index (χ1) is 29.0. The molecule has 59 heavy (non-hydrogen) atoms. The summed E-state index contributed by atoms with van der Waals surface area (Å²) in [6.07, 6.45) is 37.7. The molecule has 0 aromatic heterocycles. The smallest absolute Gasteiger partial charge is 0.313 e. The Morgan fingerprint density at radius 1 is 0.390 bits per heavy atom. The van der Waals surface area contributed by atoms with E-state index in [9.17, 15) is 9.59 Å². The molecule has 0 fully saturated rings. The molecule has 2 rings (SSSR count). The molecule has 4 unspecified atom stereocenters. The number of benzene rings is 2. The molecule has 0 amide bonds. The van der Waals surface area contributed by atoms with Gasteiger partial charge in [0.1, 0.15) is 12.2 Å². The van der Waals surface area contributed by atoms with Crippen LogP contribution in [0.2, 0.25) is 0 Å². The van der Waals surface area contributed by atoms with Gasteiger partial charge in [0.05, 0.1) is 25.0 Å². The lowest BCUT2D eigenvalue weighted by Crippen LogP contribution is -2.28. The van der Waals surface area contributed by atoms with E-state index in [4.69, 9.17) is 14.2 Å². The molecule has 336 valence electrons. The molecule has 4 atom stereocenters. The molecule has 0 aliphatic heterocycles. The van der Waals surface area contributed by atoms with E-state index in [0.29, 0.717) is 0 Å². The molecule has 0 heterocycles. The van der Waals surface area contributed by atoms with E-state index in [-0.39, 0.29) is 37.0 Å². The van der Waals surface area contributed by atoms with Crippen LogP contribution in [0.1, 0.15) is 243 Å². The molecule has 0 radical (unpaired) electrons. The van der Waals surface area contributed by atoms with Crippen molar-refractivity contribution in [3.63, 3.8) is 0 Å². The second-order valence-electron chi connectivity index (χ2n) is 17.7. The van der Waals surface area contributed by atoms with Gasteiger partial charge in [0.25, 0.3) is 0 Å². The van der Waals surface area contributed by atoms with E-state index in [2.05, 4.69) is 13.8 Å². The van der Waals surface area contributed by atoms with Gasteiger partial charge in [0.2, 0.25) is 0 Å². The van der Waals surface area contributed by atoms with Gasteiger partial charge in [-0.1, -0.05) is 254 Å². The van der Waals surface area contributed by atoms with E-state index in [1.54, 1.807) is 0 Å². The number of unbranched alkanes of at least 4 members (excludes halogenated alkanes) is 26. The third-order valence-electron chi connectivity index (χ3n) is 12.0. The summed E-state index contributed by atoms with van der Waals surface area (Å²) in [5, 5.41) is 0. The van der Waals surface area contributed by atoms with Crippen molar-refractivity contribution in [3.05, 3.63) is 71.8 Å². The highest BCUT2D eigenvalue weighted by atomic mass is 16.6. The van der Waals surface area contributed by atoms with E-state index >= 15 is 0 Å². The zero-order valence-corrected chi connectivity index (χ0v) is 38.8. The maximum atomic E-state index is 13.5. The quantitative estimate of drug-likeness (QED) is 0.0495. The fourth-order valence-electron chi connectivity index (χ4n) is 8.33. The van der Waals surface area contributed by atoms with Gasteiger partial charge in [0.15, 0.2) is 0 Å². The summed E-state index contributed by atoms with van der Waals surface area (Å²) in [5.41, 5.74) is 2.03. The van der Waals surface area contributed by atoms with Crippen LogP contribution >= 0.6 is 0 Å². The number of carbonyl (C=O) groups excluding carboxylic acids is 2. The summed E-state index contributed by atoms with van der Waals surface area (Å²) < 4.78 is 17.8. The van der Waals surface area contributed by atoms with Gasteiger partial charge in [-0.3, -0.25) is 9.59 Å². The van der Waals surface area contributed by atoms with Crippen molar-refractivity contribution >= 4 is 11.9 Å². The number of carbonyl (C=O) groups is 2. The van der Waals surface area contributed by atoms with Crippen molar-refractivity contribution in [2.45, 2.75) is 244 Å². The Bertz CT molecular complexity index is 1140. The monoisotopic (exact) mass is 819 g/mol. The highest BCUT2D eigenvalue weighted by Gasteiger charge is 2.25. The van der Waals surface area contributed by atoms with Gasteiger partial charge < -0.3 is 14.2 Å². The molecular formula is C54H90O5. The lowest BCUT2D eigenvalue weighted by atomic mass is 9.93. The predicted molar refractivity (Wildman–Crippen MR) is 250 cm³/mol. The van der Waals surface area contributed by atoms with Gasteiger partial charge in [-0.25, -0.2) is 0 Å². The Kier molecular flexibility index (Phi) is 33.0. The lowest BCUT2D eigenvalue weighted by Gasteiger charge is -2.22.